The third kappa shape index (κ3) is 1.67. The first-order valence-corrected chi connectivity index (χ1v) is 3.98. The molecule has 1 aromatic rings. The maximum Gasteiger partial charge on any atom is 0.162 e. The normalized spacial score (nSPS) is 9.21. The smallest absolute Gasteiger partial charge is 0.162 e. The van der Waals surface area contributed by atoms with Crippen LogP contribution in [0.15, 0.2) is 12.1 Å². The Bertz CT molecular complexity index is 419. The fourth-order valence-corrected chi connectivity index (χ4v) is 1.16. The van der Waals surface area contributed by atoms with E-state index in [9.17, 15) is 4.79 Å². The summed E-state index contributed by atoms with van der Waals surface area (Å²) in [6.07, 6.45) is 0. The molecule has 0 saturated carbocycles. The van der Waals surface area contributed by atoms with Crippen molar-refractivity contribution < 1.29 is 9.53 Å². The van der Waals surface area contributed by atoms with Crippen LogP contribution in [0.1, 0.15) is 22.8 Å². The highest BCUT2D eigenvalue weighted by molar-refractivity contribution is 5.99. The summed E-state index contributed by atoms with van der Waals surface area (Å²) in [6.45, 7) is 1.41. The lowest BCUT2D eigenvalue weighted by atomic mass is 10.1. The molecule has 0 bridgehead atoms. The number of anilines is 1. The zero-order valence-corrected chi connectivity index (χ0v) is 8.00. The molecule has 0 saturated heterocycles. The van der Waals surface area contributed by atoms with Crippen LogP contribution in [0.3, 0.4) is 0 Å². The molecule has 72 valence electrons. The topological polar surface area (TPSA) is 76.1 Å². The molecule has 0 aliphatic rings. The molecule has 0 aliphatic carbocycles. The Morgan fingerprint density at radius 2 is 2.21 bits per heavy atom. The number of carbonyl (C=O) groups excluding carboxylic acids is 1. The van der Waals surface area contributed by atoms with Gasteiger partial charge in [0.05, 0.1) is 12.7 Å². The van der Waals surface area contributed by atoms with Crippen LogP contribution in [0.5, 0.6) is 5.75 Å². The highest BCUT2D eigenvalue weighted by Crippen LogP contribution is 2.24. The van der Waals surface area contributed by atoms with Gasteiger partial charge in [-0.25, -0.2) is 0 Å². The highest BCUT2D eigenvalue weighted by Gasteiger charge is 2.10. The summed E-state index contributed by atoms with van der Waals surface area (Å²) in [6, 6.07) is 4.86. The van der Waals surface area contributed by atoms with Crippen molar-refractivity contribution in [2.24, 2.45) is 0 Å². The minimum atomic E-state index is -0.148. The Kier molecular flexibility index (Phi) is 2.73. The number of carbonyl (C=O) groups is 1. The van der Waals surface area contributed by atoms with Gasteiger partial charge in [0, 0.05) is 11.3 Å². The van der Waals surface area contributed by atoms with Crippen LogP contribution in [-0.2, 0) is 0 Å². The summed E-state index contributed by atoms with van der Waals surface area (Å²) in [5.74, 6) is 0.220. The molecule has 4 heteroatoms. The second kappa shape index (κ2) is 3.79. The van der Waals surface area contributed by atoms with Gasteiger partial charge in [0.1, 0.15) is 11.8 Å². The Hall–Kier alpha value is -2.02. The summed E-state index contributed by atoms with van der Waals surface area (Å²) >= 11 is 0. The molecule has 2 N–H and O–H groups in total. The fourth-order valence-electron chi connectivity index (χ4n) is 1.16. The van der Waals surface area contributed by atoms with Crippen molar-refractivity contribution >= 4 is 11.5 Å². The molecular formula is C10H10N2O2. The predicted octanol–water partition coefficient (Wildman–Crippen LogP) is 1.35. The molecule has 0 aliphatic heterocycles. The van der Waals surface area contributed by atoms with Gasteiger partial charge < -0.3 is 10.5 Å². The lowest BCUT2D eigenvalue weighted by Gasteiger charge is -2.07. The number of nitrogens with zero attached hydrogens (tertiary/aromatic N) is 1. The largest absolute Gasteiger partial charge is 0.495 e. The van der Waals surface area contributed by atoms with E-state index in [-0.39, 0.29) is 5.78 Å². The predicted molar refractivity (Wildman–Crippen MR) is 52.1 cm³/mol. The molecule has 0 atom stereocenters. The van der Waals surface area contributed by atoms with Gasteiger partial charge in [-0.3, -0.25) is 4.79 Å². The molecule has 0 heterocycles. The monoisotopic (exact) mass is 190 g/mol. The van der Waals surface area contributed by atoms with Crippen LogP contribution >= 0.6 is 0 Å². The van der Waals surface area contributed by atoms with E-state index in [0.717, 1.165) is 0 Å². The van der Waals surface area contributed by atoms with Gasteiger partial charge in [-0.1, -0.05) is 0 Å². The third-order valence-electron chi connectivity index (χ3n) is 1.87. The standard InChI is InChI=1S/C10H10N2O2/c1-6(13)8-4-10(14-2)7(5-11)3-9(8)12/h3-4H,12H2,1-2H3. The fraction of sp³-hybridized carbons (Fsp3) is 0.200. The molecule has 1 aromatic carbocycles. The van der Waals surface area contributed by atoms with Crippen molar-refractivity contribution in [1.29, 1.82) is 5.26 Å². The molecule has 4 nitrogen and oxygen atoms in total. The second-order valence-corrected chi connectivity index (χ2v) is 2.81. The quantitative estimate of drug-likeness (QED) is 0.564. The van der Waals surface area contributed by atoms with Crippen molar-refractivity contribution in [3.8, 4) is 11.8 Å². The van der Waals surface area contributed by atoms with E-state index in [0.29, 0.717) is 22.6 Å². The summed E-state index contributed by atoms with van der Waals surface area (Å²) < 4.78 is 4.95. The Balaban J connectivity index is 3.39. The minimum absolute atomic E-state index is 0.148. The van der Waals surface area contributed by atoms with E-state index in [4.69, 9.17) is 15.7 Å². The number of hydrogen-bond acceptors (Lipinski definition) is 4. The van der Waals surface area contributed by atoms with Gasteiger partial charge in [0.15, 0.2) is 5.78 Å². The highest BCUT2D eigenvalue weighted by atomic mass is 16.5. The molecule has 0 radical (unpaired) electrons. The van der Waals surface area contributed by atoms with Gasteiger partial charge in [-0.15, -0.1) is 0 Å². The molecule has 0 aromatic heterocycles. The number of nitrogen functional groups attached to an aromatic ring is 1. The number of methoxy groups -OCH3 is 1. The third-order valence-corrected chi connectivity index (χ3v) is 1.87. The number of rotatable bonds is 2. The first kappa shape index (κ1) is 10.1. The molecule has 0 spiro atoms. The van der Waals surface area contributed by atoms with E-state index >= 15 is 0 Å². The minimum Gasteiger partial charge on any atom is -0.495 e. The van der Waals surface area contributed by atoms with E-state index in [2.05, 4.69) is 0 Å². The molecule has 1 rings (SSSR count). The Morgan fingerprint density at radius 3 is 2.64 bits per heavy atom. The van der Waals surface area contributed by atoms with Crippen LogP contribution in [0, 0.1) is 11.3 Å². The average molecular weight is 190 g/mol. The zero-order valence-electron chi connectivity index (χ0n) is 8.00. The van der Waals surface area contributed by atoms with Crippen molar-refractivity contribution in [3.63, 3.8) is 0 Å². The van der Waals surface area contributed by atoms with Crippen molar-refractivity contribution in [3.05, 3.63) is 23.3 Å². The number of ketones is 1. The zero-order chi connectivity index (χ0) is 10.7. The van der Waals surface area contributed by atoms with Gasteiger partial charge in [0.2, 0.25) is 0 Å². The van der Waals surface area contributed by atoms with Gasteiger partial charge >= 0.3 is 0 Å². The van der Waals surface area contributed by atoms with Gasteiger partial charge in [0.25, 0.3) is 0 Å². The van der Waals surface area contributed by atoms with Crippen molar-refractivity contribution in [1.82, 2.24) is 0 Å². The lowest BCUT2D eigenvalue weighted by molar-refractivity contribution is 0.101. The molecule has 0 amide bonds. The molecule has 0 fully saturated rings. The SMILES string of the molecule is COc1cc(C(C)=O)c(N)cc1C#N. The van der Waals surface area contributed by atoms with Crippen LogP contribution in [0.2, 0.25) is 0 Å². The molecular weight excluding hydrogens is 180 g/mol. The molecule has 14 heavy (non-hydrogen) atoms. The van der Waals surface area contributed by atoms with Crippen molar-refractivity contribution in [2.75, 3.05) is 12.8 Å². The summed E-state index contributed by atoms with van der Waals surface area (Å²) in [4.78, 5) is 11.1. The average Bonchev–Trinajstić information content (AvgIpc) is 2.16. The summed E-state index contributed by atoms with van der Waals surface area (Å²) in [5.41, 5.74) is 6.60. The number of nitrogens with two attached hydrogens (primary N) is 1. The van der Waals surface area contributed by atoms with Crippen LogP contribution in [0.4, 0.5) is 5.69 Å². The van der Waals surface area contributed by atoms with E-state index in [1.165, 1.54) is 26.2 Å². The number of Topliss-reactive ketones (excluding diaryl/α,β-unsaturated/α-hetero) is 1. The number of hydrogen-bond donors (Lipinski definition) is 1. The number of nitriles is 1. The summed E-state index contributed by atoms with van der Waals surface area (Å²) in [5, 5.41) is 8.73. The summed E-state index contributed by atoms with van der Waals surface area (Å²) in [7, 11) is 1.44. The lowest BCUT2D eigenvalue weighted by Crippen LogP contribution is -2.01. The van der Waals surface area contributed by atoms with Gasteiger partial charge in [-0.2, -0.15) is 5.26 Å². The van der Waals surface area contributed by atoms with E-state index in [1.54, 1.807) is 0 Å². The van der Waals surface area contributed by atoms with Crippen LogP contribution in [0.25, 0.3) is 0 Å². The number of benzene rings is 1. The maximum atomic E-state index is 11.1. The van der Waals surface area contributed by atoms with Crippen LogP contribution < -0.4 is 10.5 Å². The van der Waals surface area contributed by atoms with Crippen molar-refractivity contribution in [2.45, 2.75) is 6.92 Å². The Labute approximate surface area is 81.9 Å². The number of ether oxygens (including phenoxy) is 1. The first-order valence-electron chi connectivity index (χ1n) is 3.98. The van der Waals surface area contributed by atoms with E-state index < -0.39 is 0 Å². The Morgan fingerprint density at radius 1 is 1.57 bits per heavy atom. The van der Waals surface area contributed by atoms with Crippen LogP contribution in [-0.4, -0.2) is 12.9 Å². The van der Waals surface area contributed by atoms with E-state index in [1.807, 2.05) is 6.07 Å². The molecule has 0 unspecified atom stereocenters. The second-order valence-electron chi connectivity index (χ2n) is 2.81. The first-order chi connectivity index (χ1) is 6.60. The maximum absolute atomic E-state index is 11.1. The van der Waals surface area contributed by atoms with Gasteiger partial charge in [-0.05, 0) is 19.1 Å².